The lowest BCUT2D eigenvalue weighted by Crippen LogP contribution is -2.36. The van der Waals surface area contributed by atoms with E-state index in [4.69, 9.17) is 0 Å². The Hall–Kier alpha value is -1.56. The first-order chi connectivity index (χ1) is 10.9. The highest BCUT2D eigenvalue weighted by Crippen LogP contribution is 2.23. The average Bonchev–Trinajstić information content (AvgIpc) is 2.99. The summed E-state index contributed by atoms with van der Waals surface area (Å²) in [5.41, 5.74) is 1.58. The highest BCUT2D eigenvalue weighted by Gasteiger charge is 2.23. The molecular formula is C17H26N2O3S. The fourth-order valence-corrected chi connectivity index (χ4v) is 4.27. The number of benzene rings is 1. The number of sulfonamides is 1. The lowest BCUT2D eigenvalue weighted by Gasteiger charge is -2.16. The molecule has 1 aromatic rings. The zero-order chi connectivity index (χ0) is 16.9. The number of aryl methyl sites for hydroxylation is 1. The molecule has 0 heterocycles. The molecule has 1 aromatic carbocycles. The number of carbonyl (C=O) groups excluding carboxylic acids is 1. The first-order valence-corrected chi connectivity index (χ1v) is 9.86. The fraction of sp³-hybridized carbons (Fsp3) is 0.588. The largest absolute Gasteiger partial charge is 0.356 e. The monoisotopic (exact) mass is 338 g/mol. The highest BCUT2D eigenvalue weighted by molar-refractivity contribution is 7.92. The number of hydrogen-bond donors (Lipinski definition) is 2. The smallest absolute Gasteiger partial charge is 0.233 e. The van der Waals surface area contributed by atoms with Crippen molar-refractivity contribution in [1.29, 1.82) is 0 Å². The van der Waals surface area contributed by atoms with Gasteiger partial charge in [0.15, 0.2) is 0 Å². The maximum atomic E-state index is 12.2. The molecule has 1 aliphatic carbocycles. The molecule has 0 aliphatic heterocycles. The molecule has 23 heavy (non-hydrogen) atoms. The van der Waals surface area contributed by atoms with E-state index in [9.17, 15) is 13.2 Å². The fourth-order valence-electron chi connectivity index (χ4n) is 2.88. The minimum absolute atomic E-state index is 0.189. The van der Waals surface area contributed by atoms with Crippen LogP contribution in [-0.2, 0) is 14.8 Å². The molecule has 0 aromatic heterocycles. The van der Waals surface area contributed by atoms with E-state index in [0.29, 0.717) is 18.2 Å². The first-order valence-electron chi connectivity index (χ1n) is 8.20. The Morgan fingerprint density at radius 1 is 1.22 bits per heavy atom. The van der Waals surface area contributed by atoms with Crippen molar-refractivity contribution in [3.05, 3.63) is 29.8 Å². The van der Waals surface area contributed by atoms with E-state index in [1.807, 2.05) is 19.1 Å². The van der Waals surface area contributed by atoms with Gasteiger partial charge in [-0.3, -0.25) is 9.52 Å². The molecule has 1 fully saturated rings. The summed E-state index contributed by atoms with van der Waals surface area (Å²) in [5, 5.41) is 2.89. The summed E-state index contributed by atoms with van der Waals surface area (Å²) < 4.78 is 26.9. The van der Waals surface area contributed by atoms with Crippen molar-refractivity contribution < 1.29 is 13.2 Å². The van der Waals surface area contributed by atoms with Gasteiger partial charge in [-0.25, -0.2) is 8.42 Å². The highest BCUT2D eigenvalue weighted by atomic mass is 32.2. The molecule has 0 saturated heterocycles. The Kier molecular flexibility index (Phi) is 6.04. The van der Waals surface area contributed by atoms with Gasteiger partial charge in [-0.15, -0.1) is 0 Å². The van der Waals surface area contributed by atoms with Gasteiger partial charge in [0.05, 0.1) is 11.7 Å². The minimum Gasteiger partial charge on any atom is -0.356 e. The van der Waals surface area contributed by atoms with E-state index < -0.39 is 15.9 Å². The molecule has 128 valence electrons. The zero-order valence-electron chi connectivity index (χ0n) is 13.8. The summed E-state index contributed by atoms with van der Waals surface area (Å²) in [4.78, 5) is 12.1. The Labute approximate surface area is 138 Å². The van der Waals surface area contributed by atoms with E-state index in [1.54, 1.807) is 19.1 Å². The van der Waals surface area contributed by atoms with Crippen molar-refractivity contribution in [3.8, 4) is 0 Å². The van der Waals surface area contributed by atoms with Crippen molar-refractivity contribution in [3.63, 3.8) is 0 Å². The predicted octanol–water partition coefficient (Wildman–Crippen LogP) is 2.68. The SMILES string of the molecule is Cc1ccc(NS(=O)(=O)CC(C)C(=O)NCC2CCCC2)cc1. The van der Waals surface area contributed by atoms with Gasteiger partial charge in [0.2, 0.25) is 15.9 Å². The summed E-state index contributed by atoms with van der Waals surface area (Å²) in [5.74, 6) is -0.420. The molecule has 1 aliphatic rings. The summed E-state index contributed by atoms with van der Waals surface area (Å²) in [7, 11) is -3.54. The van der Waals surface area contributed by atoms with Crippen LogP contribution in [0.2, 0.25) is 0 Å². The summed E-state index contributed by atoms with van der Waals surface area (Å²) in [6, 6.07) is 7.13. The van der Waals surface area contributed by atoms with Crippen LogP contribution >= 0.6 is 0 Å². The topological polar surface area (TPSA) is 75.3 Å². The Bertz CT molecular complexity index is 620. The summed E-state index contributed by atoms with van der Waals surface area (Å²) in [6.45, 7) is 4.25. The van der Waals surface area contributed by atoms with Gasteiger partial charge in [-0.05, 0) is 37.8 Å². The van der Waals surface area contributed by atoms with Crippen molar-refractivity contribution in [2.24, 2.45) is 11.8 Å². The summed E-state index contributed by atoms with van der Waals surface area (Å²) >= 11 is 0. The molecule has 2 rings (SSSR count). The van der Waals surface area contributed by atoms with Gasteiger partial charge in [0.1, 0.15) is 0 Å². The van der Waals surface area contributed by atoms with Crippen LogP contribution in [0.15, 0.2) is 24.3 Å². The van der Waals surface area contributed by atoms with E-state index in [2.05, 4.69) is 10.0 Å². The molecule has 1 amide bonds. The van der Waals surface area contributed by atoms with Crippen LogP contribution < -0.4 is 10.0 Å². The van der Waals surface area contributed by atoms with Crippen molar-refractivity contribution in [2.45, 2.75) is 39.5 Å². The number of hydrogen-bond acceptors (Lipinski definition) is 3. The molecule has 1 unspecified atom stereocenters. The number of amides is 1. The molecule has 1 saturated carbocycles. The number of rotatable bonds is 7. The average molecular weight is 338 g/mol. The second-order valence-corrected chi connectivity index (χ2v) is 8.31. The van der Waals surface area contributed by atoms with Crippen LogP contribution in [0.5, 0.6) is 0 Å². The van der Waals surface area contributed by atoms with E-state index in [1.165, 1.54) is 12.8 Å². The van der Waals surface area contributed by atoms with Gasteiger partial charge in [0.25, 0.3) is 0 Å². The van der Waals surface area contributed by atoms with E-state index in [0.717, 1.165) is 18.4 Å². The molecule has 0 spiro atoms. The van der Waals surface area contributed by atoms with Crippen LogP contribution in [0.4, 0.5) is 5.69 Å². The van der Waals surface area contributed by atoms with Crippen molar-refractivity contribution in [1.82, 2.24) is 5.32 Å². The standard InChI is InChI=1S/C17H26N2O3S/c1-13-7-9-16(10-8-13)19-23(21,22)12-14(2)17(20)18-11-15-5-3-4-6-15/h7-10,14-15,19H,3-6,11-12H2,1-2H3,(H,18,20). The summed E-state index contributed by atoms with van der Waals surface area (Å²) in [6.07, 6.45) is 4.76. The normalized spacial score (nSPS) is 17.0. The molecular weight excluding hydrogens is 312 g/mol. The van der Waals surface area contributed by atoms with Gasteiger partial charge < -0.3 is 5.32 Å². The Balaban J connectivity index is 1.83. The van der Waals surface area contributed by atoms with Crippen LogP contribution in [-0.4, -0.2) is 26.6 Å². The second-order valence-electron chi connectivity index (χ2n) is 6.55. The van der Waals surface area contributed by atoms with Crippen LogP contribution in [0.25, 0.3) is 0 Å². The predicted molar refractivity (Wildman–Crippen MR) is 92.7 cm³/mol. The lowest BCUT2D eigenvalue weighted by atomic mass is 10.1. The lowest BCUT2D eigenvalue weighted by molar-refractivity contribution is -0.124. The molecule has 6 heteroatoms. The zero-order valence-corrected chi connectivity index (χ0v) is 14.7. The first kappa shape index (κ1) is 17.8. The Morgan fingerprint density at radius 3 is 2.43 bits per heavy atom. The molecule has 0 bridgehead atoms. The maximum Gasteiger partial charge on any atom is 0.233 e. The van der Waals surface area contributed by atoms with Gasteiger partial charge in [-0.1, -0.05) is 37.5 Å². The van der Waals surface area contributed by atoms with Crippen molar-refractivity contribution >= 4 is 21.6 Å². The van der Waals surface area contributed by atoms with Crippen LogP contribution in [0.3, 0.4) is 0 Å². The minimum atomic E-state index is -3.54. The molecule has 0 radical (unpaired) electrons. The molecule has 1 atom stereocenters. The van der Waals surface area contributed by atoms with Gasteiger partial charge in [-0.2, -0.15) is 0 Å². The van der Waals surface area contributed by atoms with Crippen LogP contribution in [0, 0.1) is 18.8 Å². The third kappa shape index (κ3) is 5.86. The van der Waals surface area contributed by atoms with Crippen LogP contribution in [0.1, 0.15) is 38.2 Å². The van der Waals surface area contributed by atoms with Gasteiger partial charge in [0, 0.05) is 12.2 Å². The van der Waals surface area contributed by atoms with Gasteiger partial charge >= 0.3 is 0 Å². The number of nitrogens with one attached hydrogen (secondary N) is 2. The third-order valence-corrected chi connectivity index (χ3v) is 5.77. The van der Waals surface area contributed by atoms with E-state index >= 15 is 0 Å². The molecule has 2 N–H and O–H groups in total. The number of carbonyl (C=O) groups is 1. The number of anilines is 1. The molecule has 5 nitrogen and oxygen atoms in total. The van der Waals surface area contributed by atoms with E-state index in [-0.39, 0.29) is 11.7 Å². The Morgan fingerprint density at radius 2 is 1.83 bits per heavy atom. The maximum absolute atomic E-state index is 12.2. The van der Waals surface area contributed by atoms with Crippen molar-refractivity contribution in [2.75, 3.05) is 17.0 Å². The second kappa shape index (κ2) is 7.81. The quantitative estimate of drug-likeness (QED) is 0.802. The third-order valence-electron chi connectivity index (χ3n) is 4.28.